The summed E-state index contributed by atoms with van der Waals surface area (Å²) in [5.74, 6) is 5.78. The number of aromatic nitrogens is 2. The number of hydrogen-bond donors (Lipinski definition) is 2. The van der Waals surface area contributed by atoms with Crippen molar-refractivity contribution >= 4 is 11.0 Å². The van der Waals surface area contributed by atoms with E-state index in [9.17, 15) is 0 Å². The zero-order valence-corrected chi connectivity index (χ0v) is 8.20. The highest BCUT2D eigenvalue weighted by Crippen LogP contribution is 2.10. The fourth-order valence-electron chi connectivity index (χ4n) is 1.70. The van der Waals surface area contributed by atoms with E-state index >= 15 is 0 Å². The highest BCUT2D eigenvalue weighted by Gasteiger charge is 2.06. The molecule has 14 heavy (non-hydrogen) atoms. The van der Waals surface area contributed by atoms with Crippen LogP contribution in [0.3, 0.4) is 0 Å². The molecule has 0 aliphatic heterocycles. The smallest absolute Gasteiger partial charge is 0.221 e. The number of para-hydroxylation sites is 2. The number of nitrogens with two attached hydrogens (primary N) is 1. The second-order valence-electron chi connectivity index (χ2n) is 3.33. The standard InChI is InChI=1S/C10H14N4/c1-2-7-13-8-5-3-4-6-9(8)14(12)10(13)11/h3-6,11H,2,7,12H2,1H3. The van der Waals surface area contributed by atoms with Crippen LogP contribution in [0.25, 0.3) is 11.0 Å². The lowest BCUT2D eigenvalue weighted by Crippen LogP contribution is -2.29. The van der Waals surface area contributed by atoms with Crippen molar-refractivity contribution < 1.29 is 0 Å². The van der Waals surface area contributed by atoms with E-state index in [1.54, 1.807) is 0 Å². The third-order valence-electron chi connectivity index (χ3n) is 2.36. The molecule has 0 atom stereocenters. The summed E-state index contributed by atoms with van der Waals surface area (Å²) >= 11 is 0. The lowest BCUT2D eigenvalue weighted by molar-refractivity contribution is 0.636. The van der Waals surface area contributed by atoms with Crippen molar-refractivity contribution in [1.82, 2.24) is 9.24 Å². The topological polar surface area (TPSA) is 59.7 Å². The van der Waals surface area contributed by atoms with Gasteiger partial charge in [-0.15, -0.1) is 0 Å². The molecule has 3 N–H and O–H groups in total. The fourth-order valence-corrected chi connectivity index (χ4v) is 1.70. The summed E-state index contributed by atoms with van der Waals surface area (Å²) in [5.41, 5.74) is 2.29. The van der Waals surface area contributed by atoms with Crippen molar-refractivity contribution in [2.24, 2.45) is 0 Å². The second kappa shape index (κ2) is 3.21. The van der Waals surface area contributed by atoms with Crippen molar-refractivity contribution in [2.45, 2.75) is 19.9 Å². The molecule has 0 aliphatic rings. The molecule has 1 aromatic carbocycles. The van der Waals surface area contributed by atoms with Crippen LogP contribution in [-0.4, -0.2) is 9.24 Å². The van der Waals surface area contributed by atoms with Crippen molar-refractivity contribution in [3.63, 3.8) is 0 Å². The van der Waals surface area contributed by atoms with Crippen molar-refractivity contribution in [3.05, 3.63) is 29.9 Å². The van der Waals surface area contributed by atoms with Crippen LogP contribution in [0.5, 0.6) is 0 Å². The zero-order chi connectivity index (χ0) is 10.1. The van der Waals surface area contributed by atoms with E-state index in [2.05, 4.69) is 6.92 Å². The van der Waals surface area contributed by atoms with Crippen LogP contribution in [0.2, 0.25) is 0 Å². The number of imidazole rings is 1. The summed E-state index contributed by atoms with van der Waals surface area (Å²) in [7, 11) is 0. The summed E-state index contributed by atoms with van der Waals surface area (Å²) in [6, 6.07) is 7.82. The molecule has 0 saturated carbocycles. The quantitative estimate of drug-likeness (QED) is 0.683. The van der Waals surface area contributed by atoms with Gasteiger partial charge < -0.3 is 10.4 Å². The maximum atomic E-state index is 7.83. The molecule has 2 aromatic rings. The Balaban J connectivity index is 2.81. The Morgan fingerprint density at radius 2 is 1.93 bits per heavy atom. The van der Waals surface area contributed by atoms with Crippen LogP contribution >= 0.6 is 0 Å². The summed E-state index contributed by atoms with van der Waals surface area (Å²) in [4.78, 5) is 0. The van der Waals surface area contributed by atoms with Gasteiger partial charge in [0.15, 0.2) is 0 Å². The maximum Gasteiger partial charge on any atom is 0.221 e. The molecule has 0 fully saturated rings. The van der Waals surface area contributed by atoms with Gasteiger partial charge in [-0.05, 0) is 18.6 Å². The molecule has 0 spiro atoms. The van der Waals surface area contributed by atoms with E-state index in [1.807, 2.05) is 28.8 Å². The Labute approximate surface area is 82.1 Å². The van der Waals surface area contributed by atoms with Gasteiger partial charge in [0.05, 0.1) is 11.0 Å². The Hall–Kier alpha value is -1.71. The van der Waals surface area contributed by atoms with Gasteiger partial charge >= 0.3 is 0 Å². The van der Waals surface area contributed by atoms with Gasteiger partial charge in [-0.1, -0.05) is 19.1 Å². The number of fused-ring (bicyclic) bond motifs is 1. The van der Waals surface area contributed by atoms with E-state index in [1.165, 1.54) is 4.68 Å². The summed E-state index contributed by atoms with van der Waals surface area (Å²) in [5, 5.41) is 7.83. The first-order valence-electron chi connectivity index (χ1n) is 4.75. The van der Waals surface area contributed by atoms with E-state index in [0.29, 0.717) is 5.62 Å². The maximum absolute atomic E-state index is 7.83. The fraction of sp³-hybridized carbons (Fsp3) is 0.300. The number of rotatable bonds is 2. The monoisotopic (exact) mass is 190 g/mol. The highest BCUT2D eigenvalue weighted by molar-refractivity contribution is 5.75. The predicted octanol–water partition coefficient (Wildman–Crippen LogP) is 1.05. The molecule has 0 bridgehead atoms. The van der Waals surface area contributed by atoms with Gasteiger partial charge in [-0.2, -0.15) is 0 Å². The molecular formula is C10H14N4. The lowest BCUT2D eigenvalue weighted by Gasteiger charge is -1.99. The Morgan fingerprint density at radius 3 is 2.57 bits per heavy atom. The molecule has 0 saturated heterocycles. The van der Waals surface area contributed by atoms with Gasteiger partial charge in [0.1, 0.15) is 0 Å². The molecular weight excluding hydrogens is 176 g/mol. The number of nitrogen functional groups attached to an aromatic ring is 1. The van der Waals surface area contributed by atoms with Crippen LogP contribution in [0.1, 0.15) is 13.3 Å². The first kappa shape index (κ1) is 8.87. The van der Waals surface area contributed by atoms with Gasteiger partial charge in [-0.3, -0.25) is 5.41 Å². The zero-order valence-electron chi connectivity index (χ0n) is 8.20. The predicted molar refractivity (Wildman–Crippen MR) is 56.2 cm³/mol. The minimum Gasteiger partial charge on any atom is -0.336 e. The van der Waals surface area contributed by atoms with Gasteiger partial charge in [0.2, 0.25) is 5.62 Å². The molecule has 1 heterocycles. The lowest BCUT2D eigenvalue weighted by atomic mass is 10.3. The minimum atomic E-state index is 0.355. The Bertz CT molecular complexity index is 506. The van der Waals surface area contributed by atoms with Crippen LogP contribution < -0.4 is 11.5 Å². The number of aryl methyl sites for hydroxylation is 1. The molecule has 74 valence electrons. The molecule has 4 heteroatoms. The molecule has 2 rings (SSSR count). The number of nitrogens with one attached hydrogen (secondary N) is 1. The average molecular weight is 190 g/mol. The number of nitrogens with zero attached hydrogens (tertiary/aromatic N) is 2. The van der Waals surface area contributed by atoms with E-state index < -0.39 is 0 Å². The van der Waals surface area contributed by atoms with Crippen LogP contribution in [0.15, 0.2) is 24.3 Å². The molecule has 0 radical (unpaired) electrons. The SMILES string of the molecule is CCCn1c(=N)n(N)c2ccccc21. The van der Waals surface area contributed by atoms with Gasteiger partial charge in [-0.25, -0.2) is 4.68 Å². The van der Waals surface area contributed by atoms with Crippen LogP contribution in [0.4, 0.5) is 0 Å². The first-order chi connectivity index (χ1) is 6.75. The molecule has 1 aromatic heterocycles. The van der Waals surface area contributed by atoms with Crippen LogP contribution in [0, 0.1) is 5.41 Å². The van der Waals surface area contributed by atoms with Gasteiger partial charge in [0, 0.05) is 6.54 Å². The largest absolute Gasteiger partial charge is 0.336 e. The van der Waals surface area contributed by atoms with E-state index in [0.717, 1.165) is 24.0 Å². The summed E-state index contributed by atoms with van der Waals surface area (Å²) in [6.07, 6.45) is 1.00. The van der Waals surface area contributed by atoms with E-state index in [4.69, 9.17) is 11.3 Å². The molecule has 4 nitrogen and oxygen atoms in total. The number of benzene rings is 1. The first-order valence-corrected chi connectivity index (χ1v) is 4.75. The third-order valence-corrected chi connectivity index (χ3v) is 2.36. The van der Waals surface area contributed by atoms with Crippen LogP contribution in [-0.2, 0) is 6.54 Å². The number of hydrogen-bond acceptors (Lipinski definition) is 2. The highest BCUT2D eigenvalue weighted by atomic mass is 15.4. The summed E-state index contributed by atoms with van der Waals surface area (Å²) in [6.45, 7) is 2.93. The van der Waals surface area contributed by atoms with Gasteiger partial charge in [0.25, 0.3) is 0 Å². The van der Waals surface area contributed by atoms with Crippen molar-refractivity contribution in [3.8, 4) is 0 Å². The van der Waals surface area contributed by atoms with Crippen molar-refractivity contribution in [1.29, 1.82) is 5.41 Å². The summed E-state index contributed by atoms with van der Waals surface area (Å²) < 4.78 is 3.35. The third kappa shape index (κ3) is 1.11. The van der Waals surface area contributed by atoms with Crippen molar-refractivity contribution in [2.75, 3.05) is 5.84 Å². The molecule has 0 amide bonds. The minimum absolute atomic E-state index is 0.355. The molecule has 0 unspecified atom stereocenters. The second-order valence-corrected chi connectivity index (χ2v) is 3.33. The molecule has 0 aliphatic carbocycles. The van der Waals surface area contributed by atoms with E-state index in [-0.39, 0.29) is 0 Å². The Kier molecular flexibility index (Phi) is 2.04. The Morgan fingerprint density at radius 1 is 1.29 bits per heavy atom. The normalized spacial score (nSPS) is 10.9. The average Bonchev–Trinajstić information content (AvgIpc) is 2.45.